The van der Waals surface area contributed by atoms with Crippen LogP contribution in [0.4, 0.5) is 26.3 Å². The number of hydrogen-bond acceptors (Lipinski definition) is 4. The van der Waals surface area contributed by atoms with Crippen LogP contribution < -0.4 is 9.47 Å². The van der Waals surface area contributed by atoms with Crippen molar-refractivity contribution in [1.29, 1.82) is 0 Å². The van der Waals surface area contributed by atoms with E-state index < -0.39 is 38.7 Å². The number of benzene rings is 4. The van der Waals surface area contributed by atoms with Crippen LogP contribution in [0.15, 0.2) is 107 Å². The fraction of sp³-hybridized carbons (Fsp3) is 0.294. The SMILES string of the molecule is CCC(C)(CC)c1ccc(S(=O)(=O)c2ccc(Oc3ccc(C(c4ccc(OC)cc4)(C(F)(F)F)C(F)(F)F)cc3)cc2)cc1. The lowest BCUT2D eigenvalue weighted by Gasteiger charge is -2.38. The smallest absolute Gasteiger partial charge is 0.411 e. The van der Waals surface area contributed by atoms with Gasteiger partial charge in [-0.3, -0.25) is 0 Å². The number of methoxy groups -OCH3 is 1. The minimum atomic E-state index is -5.74. The molecule has 0 spiro atoms. The second kappa shape index (κ2) is 12.4. The van der Waals surface area contributed by atoms with Crippen LogP contribution in [0.3, 0.4) is 0 Å². The fourth-order valence-corrected chi connectivity index (χ4v) is 6.51. The van der Waals surface area contributed by atoms with E-state index in [1.165, 1.54) is 31.4 Å². The van der Waals surface area contributed by atoms with Gasteiger partial charge in [0.2, 0.25) is 15.3 Å². The summed E-state index contributed by atoms with van der Waals surface area (Å²) in [7, 11) is -2.62. The lowest BCUT2D eigenvalue weighted by molar-refractivity contribution is -0.288. The third kappa shape index (κ3) is 6.27. The number of ether oxygens (including phenoxy) is 2. The van der Waals surface area contributed by atoms with Crippen LogP contribution in [-0.4, -0.2) is 27.9 Å². The van der Waals surface area contributed by atoms with Gasteiger partial charge in [-0.15, -0.1) is 0 Å². The highest BCUT2D eigenvalue weighted by atomic mass is 32.2. The summed E-state index contributed by atoms with van der Waals surface area (Å²) < 4.78 is 123. The van der Waals surface area contributed by atoms with Gasteiger partial charge >= 0.3 is 12.4 Å². The Kier molecular flexibility index (Phi) is 9.36. The van der Waals surface area contributed by atoms with Crippen LogP contribution in [0.2, 0.25) is 0 Å². The van der Waals surface area contributed by atoms with Gasteiger partial charge in [0.15, 0.2) is 0 Å². The van der Waals surface area contributed by atoms with Crippen LogP contribution in [0.25, 0.3) is 0 Å². The molecule has 0 N–H and O–H groups in total. The fourth-order valence-electron chi connectivity index (χ4n) is 5.25. The van der Waals surface area contributed by atoms with Crippen LogP contribution in [0.1, 0.15) is 50.3 Å². The minimum Gasteiger partial charge on any atom is -0.497 e. The van der Waals surface area contributed by atoms with Gasteiger partial charge in [-0.1, -0.05) is 57.2 Å². The maximum absolute atomic E-state index is 14.4. The first-order chi connectivity index (χ1) is 21.0. The summed E-state index contributed by atoms with van der Waals surface area (Å²) in [6.45, 7) is 6.27. The van der Waals surface area contributed by atoms with Crippen LogP contribution in [0.5, 0.6) is 17.2 Å². The van der Waals surface area contributed by atoms with Crippen molar-refractivity contribution in [2.75, 3.05) is 7.11 Å². The van der Waals surface area contributed by atoms with E-state index in [4.69, 9.17) is 9.47 Å². The van der Waals surface area contributed by atoms with Crippen molar-refractivity contribution >= 4 is 9.84 Å². The van der Waals surface area contributed by atoms with E-state index in [1.807, 2.05) is 12.1 Å². The molecular formula is C34H32F6O4S. The van der Waals surface area contributed by atoms with Gasteiger partial charge in [0.05, 0.1) is 16.9 Å². The Hall–Kier alpha value is -3.99. The molecule has 0 radical (unpaired) electrons. The molecule has 0 unspecified atom stereocenters. The van der Waals surface area contributed by atoms with Crippen molar-refractivity contribution in [3.05, 3.63) is 114 Å². The summed E-state index contributed by atoms with van der Waals surface area (Å²) in [5.74, 6) is 0.184. The molecule has 4 nitrogen and oxygen atoms in total. The molecule has 4 aromatic carbocycles. The summed E-state index contributed by atoms with van der Waals surface area (Å²) in [6, 6.07) is 19.1. The van der Waals surface area contributed by atoms with E-state index in [2.05, 4.69) is 20.8 Å². The molecule has 0 saturated heterocycles. The van der Waals surface area contributed by atoms with E-state index in [0.29, 0.717) is 12.1 Å². The van der Waals surface area contributed by atoms with E-state index in [9.17, 15) is 34.8 Å². The first-order valence-electron chi connectivity index (χ1n) is 14.1. The van der Waals surface area contributed by atoms with E-state index >= 15 is 0 Å². The number of rotatable bonds is 10. The zero-order valence-corrected chi connectivity index (χ0v) is 25.8. The van der Waals surface area contributed by atoms with Gasteiger partial charge in [-0.25, -0.2) is 8.42 Å². The monoisotopic (exact) mass is 650 g/mol. The van der Waals surface area contributed by atoms with Crippen molar-refractivity contribution in [3.8, 4) is 17.2 Å². The average molecular weight is 651 g/mol. The minimum absolute atomic E-state index is 0.00803. The molecule has 0 aromatic heterocycles. The largest absolute Gasteiger partial charge is 0.497 e. The van der Waals surface area contributed by atoms with Gasteiger partial charge in [0, 0.05) is 0 Å². The molecule has 4 aromatic rings. The molecule has 11 heteroatoms. The number of alkyl halides is 6. The Bertz CT molecular complexity index is 1680. The van der Waals surface area contributed by atoms with Gasteiger partial charge in [0.1, 0.15) is 17.2 Å². The van der Waals surface area contributed by atoms with Crippen molar-refractivity contribution in [2.45, 2.75) is 66.6 Å². The van der Waals surface area contributed by atoms with E-state index in [-0.39, 0.29) is 32.5 Å². The third-order valence-electron chi connectivity index (χ3n) is 8.45. The summed E-state index contributed by atoms with van der Waals surface area (Å²) in [5, 5.41) is 0. The van der Waals surface area contributed by atoms with Crippen molar-refractivity contribution < 1.29 is 44.2 Å². The van der Waals surface area contributed by atoms with Gasteiger partial charge in [0.25, 0.3) is 0 Å². The molecule has 0 fully saturated rings. The lowest BCUT2D eigenvalue weighted by atomic mass is 9.73. The predicted molar refractivity (Wildman–Crippen MR) is 159 cm³/mol. The Balaban J connectivity index is 1.60. The van der Waals surface area contributed by atoms with Crippen LogP contribution >= 0.6 is 0 Å². The standard InChI is InChI=1S/C34H32F6O4S/c1-5-31(3,6-2)23-11-19-29(20-12-23)45(41,42)30-21-17-28(18-22-30)44-27-15-9-25(10-16-27)32(33(35,36)37,34(38,39)40)24-7-13-26(43-4)14-8-24/h7-22H,5-6H2,1-4H3. The molecule has 4 rings (SSSR count). The number of hydrogen-bond donors (Lipinski definition) is 0. The topological polar surface area (TPSA) is 52.6 Å². The highest BCUT2D eigenvalue weighted by Crippen LogP contribution is 2.56. The summed E-state index contributed by atoms with van der Waals surface area (Å²) in [6.07, 6.45) is -9.69. The van der Waals surface area contributed by atoms with Crippen molar-refractivity contribution in [3.63, 3.8) is 0 Å². The molecule has 0 amide bonds. The second-order valence-electron chi connectivity index (χ2n) is 10.9. The summed E-state index contributed by atoms with van der Waals surface area (Å²) >= 11 is 0. The van der Waals surface area contributed by atoms with Crippen LogP contribution in [0, 0.1) is 0 Å². The molecule has 240 valence electrons. The summed E-state index contributed by atoms with van der Waals surface area (Å²) in [5.41, 5.74) is -5.42. The van der Waals surface area contributed by atoms with Crippen LogP contribution in [-0.2, 0) is 20.7 Å². The summed E-state index contributed by atoms with van der Waals surface area (Å²) in [4.78, 5) is 0.103. The van der Waals surface area contributed by atoms with Gasteiger partial charge in [-0.2, -0.15) is 26.3 Å². The Morgan fingerprint density at radius 1 is 0.556 bits per heavy atom. The normalized spacial score (nSPS) is 13.0. The predicted octanol–water partition coefficient (Wildman–Crippen LogP) is 9.81. The third-order valence-corrected chi connectivity index (χ3v) is 10.2. The molecule has 0 saturated carbocycles. The van der Waals surface area contributed by atoms with Gasteiger partial charge < -0.3 is 9.47 Å². The maximum Gasteiger partial charge on any atom is 0.411 e. The number of halogens is 6. The zero-order chi connectivity index (χ0) is 33.3. The van der Waals surface area contributed by atoms with Crippen molar-refractivity contribution in [1.82, 2.24) is 0 Å². The molecule has 0 aliphatic heterocycles. The van der Waals surface area contributed by atoms with Gasteiger partial charge in [-0.05, 0) is 95.6 Å². The van der Waals surface area contributed by atoms with E-state index in [1.54, 1.807) is 12.1 Å². The Labute approximate surface area is 258 Å². The Morgan fingerprint density at radius 2 is 0.889 bits per heavy atom. The molecule has 45 heavy (non-hydrogen) atoms. The molecule has 0 heterocycles. The van der Waals surface area contributed by atoms with E-state index in [0.717, 1.165) is 54.8 Å². The quantitative estimate of drug-likeness (QED) is 0.160. The lowest BCUT2D eigenvalue weighted by Crippen LogP contribution is -2.54. The molecule has 0 aliphatic carbocycles. The first kappa shape index (κ1) is 33.9. The second-order valence-corrected chi connectivity index (χ2v) is 12.8. The highest BCUT2D eigenvalue weighted by molar-refractivity contribution is 7.91. The Morgan fingerprint density at radius 3 is 1.24 bits per heavy atom. The molecule has 0 bridgehead atoms. The number of sulfone groups is 1. The zero-order valence-electron chi connectivity index (χ0n) is 25.0. The van der Waals surface area contributed by atoms with Crippen molar-refractivity contribution in [2.24, 2.45) is 0 Å². The molecule has 0 aliphatic rings. The maximum atomic E-state index is 14.4. The highest BCUT2D eigenvalue weighted by Gasteiger charge is 2.72. The first-order valence-corrected chi connectivity index (χ1v) is 15.5. The average Bonchev–Trinajstić information content (AvgIpc) is 3.01. The molecular weight excluding hydrogens is 618 g/mol. The molecule has 0 atom stereocenters.